The highest BCUT2D eigenvalue weighted by molar-refractivity contribution is 6.30. The second-order valence-corrected chi connectivity index (χ2v) is 7.46. The third-order valence-corrected chi connectivity index (χ3v) is 5.59. The molecule has 1 atom stereocenters. The van der Waals surface area contributed by atoms with Gasteiger partial charge in [0.25, 0.3) is 0 Å². The monoisotopic (exact) mass is 403 g/mol. The van der Waals surface area contributed by atoms with Gasteiger partial charge < -0.3 is 14.4 Å². The van der Waals surface area contributed by atoms with Crippen LogP contribution in [-0.2, 0) is 6.54 Å². The minimum absolute atomic E-state index is 0.0648. The lowest BCUT2D eigenvalue weighted by molar-refractivity contribution is 0.271. The molecule has 1 aliphatic rings. The zero-order valence-corrected chi connectivity index (χ0v) is 16.2. The summed E-state index contributed by atoms with van der Waals surface area (Å²) < 4.78 is 7.88. The number of aromatic nitrogens is 2. The Bertz CT molecular complexity index is 1280. The van der Waals surface area contributed by atoms with Crippen LogP contribution in [0.25, 0.3) is 10.8 Å². The van der Waals surface area contributed by atoms with Crippen LogP contribution in [0.2, 0.25) is 5.02 Å². The van der Waals surface area contributed by atoms with Crippen molar-refractivity contribution in [1.29, 1.82) is 5.41 Å². The summed E-state index contributed by atoms with van der Waals surface area (Å²) in [5.74, 6) is 0.970. The summed E-state index contributed by atoms with van der Waals surface area (Å²) in [5, 5.41) is 20.9. The maximum atomic E-state index is 9.36. The Kier molecular flexibility index (Phi) is 4.34. The summed E-state index contributed by atoms with van der Waals surface area (Å²) in [5.41, 5.74) is 2.96. The molecule has 29 heavy (non-hydrogen) atoms. The minimum atomic E-state index is -0.221. The lowest BCUT2D eigenvalue weighted by Crippen LogP contribution is -2.30. The van der Waals surface area contributed by atoms with Gasteiger partial charge >= 0.3 is 0 Å². The van der Waals surface area contributed by atoms with Crippen LogP contribution in [0.5, 0.6) is 11.6 Å². The highest BCUT2D eigenvalue weighted by Gasteiger charge is 2.33. The highest BCUT2D eigenvalue weighted by atomic mass is 35.5. The van der Waals surface area contributed by atoms with Gasteiger partial charge in [0.1, 0.15) is 17.6 Å². The van der Waals surface area contributed by atoms with Gasteiger partial charge in [-0.1, -0.05) is 60.1 Å². The van der Waals surface area contributed by atoms with Crippen molar-refractivity contribution in [1.82, 2.24) is 9.55 Å². The van der Waals surface area contributed by atoms with Gasteiger partial charge in [-0.3, -0.25) is 5.41 Å². The molecule has 0 saturated carbocycles. The average Bonchev–Trinajstić information content (AvgIpc) is 2.75. The zero-order chi connectivity index (χ0) is 20.0. The SMILES string of the molecule is N=c1c2c(ncn1CCO)Oc1c(ccc3ccccc13)[C@H]2c1ccc(Cl)cc1. The maximum Gasteiger partial charge on any atom is 0.228 e. The molecule has 4 aromatic rings. The molecular weight excluding hydrogens is 386 g/mol. The third-order valence-electron chi connectivity index (χ3n) is 5.34. The molecule has 1 aromatic heterocycles. The van der Waals surface area contributed by atoms with E-state index in [1.54, 1.807) is 10.9 Å². The fourth-order valence-electron chi connectivity index (χ4n) is 3.98. The summed E-state index contributed by atoms with van der Waals surface area (Å²) in [4.78, 5) is 4.48. The van der Waals surface area contributed by atoms with Gasteiger partial charge in [-0.15, -0.1) is 0 Å². The van der Waals surface area contributed by atoms with E-state index in [-0.39, 0.29) is 18.0 Å². The number of hydrogen-bond acceptors (Lipinski definition) is 4. The molecule has 6 heteroatoms. The van der Waals surface area contributed by atoms with E-state index in [1.807, 2.05) is 42.5 Å². The quantitative estimate of drug-likeness (QED) is 0.467. The van der Waals surface area contributed by atoms with E-state index < -0.39 is 0 Å². The van der Waals surface area contributed by atoms with Crippen molar-refractivity contribution in [2.45, 2.75) is 12.5 Å². The summed E-state index contributed by atoms with van der Waals surface area (Å²) >= 11 is 6.12. The lowest BCUT2D eigenvalue weighted by Gasteiger charge is -2.29. The van der Waals surface area contributed by atoms with Gasteiger partial charge in [0.15, 0.2) is 0 Å². The van der Waals surface area contributed by atoms with Gasteiger partial charge in [0, 0.05) is 28.4 Å². The third kappa shape index (κ3) is 2.90. The maximum absolute atomic E-state index is 9.36. The normalized spacial score (nSPS) is 14.9. The summed E-state index contributed by atoms with van der Waals surface area (Å²) in [6.07, 6.45) is 1.55. The number of aliphatic hydroxyl groups excluding tert-OH is 1. The van der Waals surface area contributed by atoms with Gasteiger partial charge in [-0.25, -0.2) is 4.98 Å². The first-order valence-electron chi connectivity index (χ1n) is 9.37. The topological polar surface area (TPSA) is 71.1 Å². The van der Waals surface area contributed by atoms with Crippen molar-refractivity contribution >= 4 is 22.4 Å². The number of aliphatic hydroxyl groups is 1. The van der Waals surface area contributed by atoms with Crippen LogP contribution in [0, 0.1) is 5.41 Å². The smallest absolute Gasteiger partial charge is 0.228 e. The predicted octanol–water partition coefficient (Wildman–Crippen LogP) is 4.45. The fourth-order valence-corrected chi connectivity index (χ4v) is 4.10. The Morgan fingerprint density at radius 2 is 1.86 bits per heavy atom. The van der Waals surface area contributed by atoms with E-state index in [0.717, 1.165) is 27.6 Å². The molecule has 0 fully saturated rings. The van der Waals surface area contributed by atoms with Crippen LogP contribution < -0.4 is 10.2 Å². The number of ether oxygens (including phenoxy) is 1. The Labute approximate surface area is 172 Å². The van der Waals surface area contributed by atoms with Crippen LogP contribution in [0.3, 0.4) is 0 Å². The van der Waals surface area contributed by atoms with Gasteiger partial charge in [0.05, 0.1) is 12.2 Å². The van der Waals surface area contributed by atoms with E-state index in [2.05, 4.69) is 23.2 Å². The first-order chi connectivity index (χ1) is 14.2. The van der Waals surface area contributed by atoms with E-state index in [4.69, 9.17) is 21.7 Å². The average molecular weight is 404 g/mol. The number of nitrogens with zero attached hydrogens (tertiary/aromatic N) is 2. The largest absolute Gasteiger partial charge is 0.438 e. The molecular formula is C23H18ClN3O2. The Morgan fingerprint density at radius 3 is 2.66 bits per heavy atom. The zero-order valence-electron chi connectivity index (χ0n) is 15.5. The molecule has 0 saturated heterocycles. The van der Waals surface area contributed by atoms with Gasteiger partial charge in [-0.05, 0) is 23.1 Å². The predicted molar refractivity (Wildman–Crippen MR) is 112 cm³/mol. The Morgan fingerprint density at radius 1 is 1.07 bits per heavy atom. The number of rotatable bonds is 3. The van der Waals surface area contributed by atoms with E-state index in [9.17, 15) is 5.11 Å². The van der Waals surface area contributed by atoms with E-state index in [1.165, 1.54) is 0 Å². The van der Waals surface area contributed by atoms with Crippen LogP contribution in [0.1, 0.15) is 22.6 Å². The van der Waals surface area contributed by atoms with Crippen LogP contribution in [0.4, 0.5) is 0 Å². The second kappa shape index (κ2) is 7.03. The molecule has 1 aliphatic heterocycles. The molecule has 2 N–H and O–H groups in total. The van der Waals surface area contributed by atoms with Crippen molar-refractivity contribution in [3.8, 4) is 11.6 Å². The standard InChI is InChI=1S/C23H18ClN3O2/c24-16-8-5-15(6-9-16)19-18-10-7-14-3-1-2-4-17(14)21(18)29-23-20(19)22(25)27(11-12-28)13-26-23/h1-10,13,19,25,28H,11-12H2/t19-/m1/s1. The van der Waals surface area contributed by atoms with E-state index >= 15 is 0 Å². The molecule has 0 radical (unpaired) electrons. The number of hydrogen-bond donors (Lipinski definition) is 2. The number of halogens is 1. The lowest BCUT2D eigenvalue weighted by atomic mass is 9.83. The number of nitrogens with one attached hydrogen (secondary N) is 1. The molecule has 0 unspecified atom stereocenters. The summed E-state index contributed by atoms with van der Waals surface area (Å²) in [7, 11) is 0. The summed E-state index contributed by atoms with van der Waals surface area (Å²) in [6.45, 7) is 0.238. The minimum Gasteiger partial charge on any atom is -0.438 e. The molecule has 144 valence electrons. The molecule has 0 bridgehead atoms. The van der Waals surface area contributed by atoms with Crippen LogP contribution >= 0.6 is 11.6 Å². The van der Waals surface area contributed by atoms with Crippen molar-refractivity contribution < 1.29 is 9.84 Å². The van der Waals surface area contributed by atoms with Crippen LogP contribution in [-0.4, -0.2) is 21.3 Å². The highest BCUT2D eigenvalue weighted by Crippen LogP contribution is 2.47. The Balaban J connectivity index is 1.82. The molecule has 0 spiro atoms. The number of fused-ring (bicyclic) bond motifs is 4. The van der Waals surface area contributed by atoms with Gasteiger partial charge in [0.2, 0.25) is 5.88 Å². The van der Waals surface area contributed by atoms with Crippen molar-refractivity contribution in [2.75, 3.05) is 6.61 Å². The first-order valence-corrected chi connectivity index (χ1v) is 9.75. The van der Waals surface area contributed by atoms with E-state index in [0.29, 0.717) is 23.0 Å². The first kappa shape index (κ1) is 17.9. The van der Waals surface area contributed by atoms with Crippen molar-refractivity contribution in [3.63, 3.8) is 0 Å². The second-order valence-electron chi connectivity index (χ2n) is 7.02. The molecule has 5 nitrogen and oxygen atoms in total. The van der Waals surface area contributed by atoms with Crippen molar-refractivity contribution in [3.05, 3.63) is 94.2 Å². The Hall–Kier alpha value is -3.15. The molecule has 2 heterocycles. The van der Waals surface area contributed by atoms with Gasteiger partial charge in [-0.2, -0.15) is 0 Å². The fraction of sp³-hybridized carbons (Fsp3) is 0.130. The van der Waals surface area contributed by atoms with Crippen molar-refractivity contribution in [2.24, 2.45) is 0 Å². The number of benzene rings is 3. The van der Waals surface area contributed by atoms with Crippen LogP contribution in [0.15, 0.2) is 67.0 Å². The molecule has 5 rings (SSSR count). The molecule has 3 aromatic carbocycles. The molecule has 0 aliphatic carbocycles. The summed E-state index contributed by atoms with van der Waals surface area (Å²) in [6, 6.07) is 19.9. The molecule has 0 amide bonds.